The summed E-state index contributed by atoms with van der Waals surface area (Å²) in [5.41, 5.74) is 3.46. The van der Waals surface area contributed by atoms with E-state index in [0.717, 1.165) is 24.0 Å². The van der Waals surface area contributed by atoms with E-state index in [9.17, 15) is 9.18 Å². The molecule has 11 nitrogen and oxygen atoms in total. The first kappa shape index (κ1) is 28.0. The third-order valence-corrected chi connectivity index (χ3v) is 6.56. The van der Waals surface area contributed by atoms with Crippen LogP contribution < -0.4 is 24.4 Å². The molecule has 2 amide bonds. The fraction of sp³-hybridized carbons (Fsp3) is 0.407. The highest BCUT2D eigenvalue weighted by Gasteiger charge is 2.28. The van der Waals surface area contributed by atoms with Crippen LogP contribution in [-0.2, 0) is 22.5 Å². The first-order valence-electron chi connectivity index (χ1n) is 12.3. The predicted octanol–water partition coefficient (Wildman–Crippen LogP) is 4.50. The van der Waals surface area contributed by atoms with Crippen molar-refractivity contribution >= 4 is 17.8 Å². The minimum atomic E-state index is -0.646. The third-order valence-electron chi connectivity index (χ3n) is 6.56. The number of benzene rings is 1. The van der Waals surface area contributed by atoms with Crippen LogP contribution in [0.1, 0.15) is 40.7 Å². The monoisotopic (exact) mass is 541 g/mol. The second-order valence-electron chi connectivity index (χ2n) is 8.88. The first-order valence-corrected chi connectivity index (χ1v) is 12.3. The van der Waals surface area contributed by atoms with E-state index in [1.165, 1.54) is 46.9 Å². The van der Waals surface area contributed by atoms with Crippen molar-refractivity contribution in [1.29, 1.82) is 0 Å². The van der Waals surface area contributed by atoms with Crippen molar-refractivity contribution in [3.63, 3.8) is 0 Å². The van der Waals surface area contributed by atoms with E-state index in [4.69, 9.17) is 23.7 Å². The average molecular weight is 542 g/mol. The summed E-state index contributed by atoms with van der Waals surface area (Å²) in [5, 5.41) is 2.71. The van der Waals surface area contributed by atoms with Crippen molar-refractivity contribution < 1.29 is 32.9 Å². The van der Waals surface area contributed by atoms with E-state index < -0.39 is 18.1 Å². The van der Waals surface area contributed by atoms with Crippen LogP contribution in [0.2, 0.25) is 0 Å². The predicted molar refractivity (Wildman–Crippen MR) is 141 cm³/mol. The van der Waals surface area contributed by atoms with Gasteiger partial charge in [0, 0.05) is 38.0 Å². The molecule has 1 N–H and O–H groups in total. The van der Waals surface area contributed by atoms with E-state index in [2.05, 4.69) is 20.3 Å². The number of urea groups is 1. The summed E-state index contributed by atoms with van der Waals surface area (Å²) in [6.07, 6.45) is 3.76. The van der Waals surface area contributed by atoms with Gasteiger partial charge in [-0.15, -0.1) is 0 Å². The second kappa shape index (κ2) is 12.2. The topological polar surface area (TPSA) is 117 Å². The zero-order valence-electron chi connectivity index (χ0n) is 22.8. The number of amides is 2. The number of halogens is 1. The Morgan fingerprint density at radius 1 is 1.08 bits per heavy atom. The summed E-state index contributed by atoms with van der Waals surface area (Å²) in [7, 11) is 5.95. The molecule has 0 saturated heterocycles. The van der Waals surface area contributed by atoms with Gasteiger partial charge in [-0.1, -0.05) is 0 Å². The Labute approximate surface area is 226 Å². The highest BCUT2D eigenvalue weighted by Crippen LogP contribution is 2.33. The largest absolute Gasteiger partial charge is 0.496 e. The Bertz CT molecular complexity index is 1310. The quantitative estimate of drug-likeness (QED) is 0.391. The zero-order valence-corrected chi connectivity index (χ0v) is 22.8. The molecule has 4 rings (SSSR count). The molecule has 3 aromatic rings. The van der Waals surface area contributed by atoms with Gasteiger partial charge in [-0.2, -0.15) is 0 Å². The minimum absolute atomic E-state index is 0.0569. The number of pyridine rings is 1. The van der Waals surface area contributed by atoms with Crippen molar-refractivity contribution in [2.75, 3.05) is 45.2 Å². The summed E-state index contributed by atoms with van der Waals surface area (Å²) in [6, 6.07) is 2.98. The van der Waals surface area contributed by atoms with Crippen LogP contribution in [0.25, 0.3) is 0 Å². The van der Waals surface area contributed by atoms with Crippen molar-refractivity contribution in [3.8, 4) is 17.2 Å². The summed E-state index contributed by atoms with van der Waals surface area (Å²) < 4.78 is 41.6. The van der Waals surface area contributed by atoms with Gasteiger partial charge < -0.3 is 23.7 Å². The normalized spacial score (nSPS) is 12.8. The van der Waals surface area contributed by atoms with Crippen LogP contribution in [0, 0.1) is 19.7 Å². The van der Waals surface area contributed by atoms with Gasteiger partial charge in [-0.05, 0) is 43.9 Å². The summed E-state index contributed by atoms with van der Waals surface area (Å²) >= 11 is 0. The van der Waals surface area contributed by atoms with Crippen molar-refractivity contribution in [1.82, 2.24) is 15.0 Å². The van der Waals surface area contributed by atoms with E-state index >= 15 is 0 Å². The first-order chi connectivity index (χ1) is 18.8. The van der Waals surface area contributed by atoms with E-state index in [1.807, 2.05) is 13.0 Å². The molecular formula is C27H32FN5O6. The molecule has 12 heteroatoms. The van der Waals surface area contributed by atoms with E-state index in [0.29, 0.717) is 40.7 Å². The number of nitrogens with one attached hydrogen (secondary N) is 1. The third kappa shape index (κ3) is 5.86. The van der Waals surface area contributed by atoms with Crippen molar-refractivity contribution in [2.24, 2.45) is 0 Å². The van der Waals surface area contributed by atoms with E-state index in [-0.39, 0.29) is 18.3 Å². The van der Waals surface area contributed by atoms with Crippen molar-refractivity contribution in [3.05, 3.63) is 58.3 Å². The van der Waals surface area contributed by atoms with Crippen LogP contribution in [0.5, 0.6) is 17.2 Å². The number of hydrogen-bond donors (Lipinski definition) is 1. The fourth-order valence-corrected chi connectivity index (χ4v) is 4.47. The van der Waals surface area contributed by atoms with Crippen LogP contribution in [-0.4, -0.2) is 56.0 Å². The molecule has 1 aliphatic heterocycles. The number of hydrogen-bond acceptors (Lipinski definition) is 9. The summed E-state index contributed by atoms with van der Waals surface area (Å²) in [6.45, 7) is 4.10. The molecule has 39 heavy (non-hydrogen) atoms. The molecule has 1 aromatic carbocycles. The lowest BCUT2D eigenvalue weighted by molar-refractivity contribution is -0.108. The molecule has 0 aliphatic carbocycles. The number of rotatable bonds is 9. The molecule has 2 aromatic heterocycles. The number of fused-ring (bicyclic) bond motifs is 1. The molecule has 0 unspecified atom stereocenters. The lowest BCUT2D eigenvalue weighted by Gasteiger charge is -2.30. The fourth-order valence-electron chi connectivity index (χ4n) is 4.47. The van der Waals surface area contributed by atoms with Gasteiger partial charge >= 0.3 is 6.03 Å². The van der Waals surface area contributed by atoms with Crippen molar-refractivity contribution in [2.45, 2.75) is 39.6 Å². The molecule has 0 atom stereocenters. The van der Waals surface area contributed by atoms with E-state index in [1.54, 1.807) is 11.8 Å². The Morgan fingerprint density at radius 3 is 2.41 bits per heavy atom. The Morgan fingerprint density at radius 2 is 1.77 bits per heavy atom. The molecule has 0 spiro atoms. The summed E-state index contributed by atoms with van der Waals surface area (Å²) in [5.74, 6) is 0.947. The number of aryl methyl sites for hydroxylation is 1. The van der Waals surface area contributed by atoms with Gasteiger partial charge in [0.1, 0.15) is 18.2 Å². The van der Waals surface area contributed by atoms with Gasteiger partial charge in [-0.3, -0.25) is 10.2 Å². The van der Waals surface area contributed by atoms with Gasteiger partial charge in [-0.25, -0.2) is 24.1 Å². The van der Waals surface area contributed by atoms with Crippen LogP contribution in [0.3, 0.4) is 0 Å². The Kier molecular flexibility index (Phi) is 8.77. The van der Waals surface area contributed by atoms with Crippen LogP contribution in [0.15, 0.2) is 24.5 Å². The number of methoxy groups -OCH3 is 4. The molecule has 3 heterocycles. The van der Waals surface area contributed by atoms with Crippen LogP contribution in [0.4, 0.5) is 21.0 Å². The molecule has 0 fully saturated rings. The molecule has 0 radical (unpaired) electrons. The number of carbonyl (C=O) groups is 1. The highest BCUT2D eigenvalue weighted by atomic mass is 19.1. The zero-order chi connectivity index (χ0) is 28.1. The molecule has 0 bridgehead atoms. The second-order valence-corrected chi connectivity index (χ2v) is 8.88. The van der Waals surface area contributed by atoms with Gasteiger partial charge in [0.25, 0.3) is 0 Å². The maximum absolute atomic E-state index is 14.8. The standard InChI is InChI=1S/C27H32FN5O6/c1-15-10-20(25(37-5)38-6)31-24-18(15)8-7-9-33(24)27(34)32-26-29-12-17(13-30-26)39-14-19-16(2)21(35-3)11-22(36-4)23(19)28/h10-13,25H,7-9,14H2,1-6H3,(H,29,30,32,34). The van der Waals surface area contributed by atoms with Crippen LogP contribution >= 0.6 is 0 Å². The highest BCUT2D eigenvalue weighted by molar-refractivity contribution is 6.01. The average Bonchev–Trinajstić information content (AvgIpc) is 2.94. The SMILES string of the molecule is COc1cc(OC)c(F)c(COc2cnc(NC(=O)N3CCCc4c(C)cc(C(OC)OC)nc43)nc2)c1C. The number of aromatic nitrogens is 3. The van der Waals surface area contributed by atoms with Gasteiger partial charge in [0.2, 0.25) is 12.2 Å². The lowest BCUT2D eigenvalue weighted by atomic mass is 10.00. The smallest absolute Gasteiger partial charge is 0.329 e. The molecule has 1 aliphatic rings. The number of carbonyl (C=O) groups excluding carboxylic acids is 1. The lowest BCUT2D eigenvalue weighted by Crippen LogP contribution is -2.40. The maximum atomic E-state index is 14.8. The summed E-state index contributed by atoms with van der Waals surface area (Å²) in [4.78, 5) is 27.8. The number of ether oxygens (including phenoxy) is 5. The molecule has 0 saturated carbocycles. The minimum Gasteiger partial charge on any atom is -0.496 e. The van der Waals surface area contributed by atoms with Gasteiger partial charge in [0.15, 0.2) is 17.3 Å². The number of anilines is 2. The van der Waals surface area contributed by atoms with Gasteiger partial charge in [0.05, 0.1) is 32.3 Å². The maximum Gasteiger partial charge on any atom is 0.329 e. The Balaban J connectivity index is 1.47. The molecular weight excluding hydrogens is 509 g/mol. The number of nitrogens with zero attached hydrogens (tertiary/aromatic N) is 4. The Hall–Kier alpha value is -4.03. The molecule has 208 valence electrons.